The van der Waals surface area contributed by atoms with E-state index in [9.17, 15) is 23.1 Å². The Morgan fingerprint density at radius 1 is 1.17 bits per heavy atom. The SMILES string of the molecule is COCc1cc(F)c(C2C(F)=CC=C(C(=O)O)C(C)C2C)c(F)c1. The van der Waals surface area contributed by atoms with E-state index in [1.54, 1.807) is 13.8 Å². The first-order valence-electron chi connectivity index (χ1n) is 7.55. The Kier molecular flexibility index (Phi) is 5.49. The van der Waals surface area contributed by atoms with Crippen LogP contribution in [0.4, 0.5) is 13.2 Å². The highest BCUT2D eigenvalue weighted by molar-refractivity contribution is 5.87. The van der Waals surface area contributed by atoms with Gasteiger partial charge in [0.15, 0.2) is 0 Å². The highest BCUT2D eigenvalue weighted by Gasteiger charge is 2.36. The van der Waals surface area contributed by atoms with Gasteiger partial charge in [-0.25, -0.2) is 18.0 Å². The molecule has 0 saturated heterocycles. The number of allylic oxidation sites excluding steroid dienone is 3. The molecule has 0 bridgehead atoms. The second-order valence-corrected chi connectivity index (χ2v) is 6.01. The van der Waals surface area contributed by atoms with Crippen LogP contribution in [0.5, 0.6) is 0 Å². The molecule has 6 heteroatoms. The Balaban J connectivity index is 2.51. The van der Waals surface area contributed by atoms with E-state index in [1.165, 1.54) is 7.11 Å². The van der Waals surface area contributed by atoms with Gasteiger partial charge in [0.2, 0.25) is 0 Å². The van der Waals surface area contributed by atoms with Crippen LogP contribution in [0.1, 0.15) is 30.9 Å². The first-order valence-corrected chi connectivity index (χ1v) is 7.55. The Morgan fingerprint density at radius 3 is 2.25 bits per heavy atom. The summed E-state index contributed by atoms with van der Waals surface area (Å²) in [5.74, 6) is -6.07. The molecule has 3 atom stereocenters. The van der Waals surface area contributed by atoms with E-state index >= 15 is 0 Å². The zero-order valence-corrected chi connectivity index (χ0v) is 13.6. The fraction of sp³-hybridized carbons (Fsp3) is 0.389. The molecule has 1 aromatic rings. The molecule has 0 aliphatic heterocycles. The number of benzene rings is 1. The molecule has 0 fully saturated rings. The fourth-order valence-electron chi connectivity index (χ4n) is 3.10. The number of rotatable bonds is 4. The van der Waals surface area contributed by atoms with E-state index in [4.69, 9.17) is 4.74 Å². The van der Waals surface area contributed by atoms with Gasteiger partial charge in [-0.05, 0) is 41.7 Å². The number of ether oxygens (including phenoxy) is 1. The molecule has 3 nitrogen and oxygen atoms in total. The monoisotopic (exact) mass is 340 g/mol. The average molecular weight is 340 g/mol. The minimum Gasteiger partial charge on any atom is -0.478 e. The summed E-state index contributed by atoms with van der Waals surface area (Å²) in [5, 5.41) is 9.22. The molecular weight excluding hydrogens is 321 g/mol. The highest BCUT2D eigenvalue weighted by atomic mass is 19.1. The third kappa shape index (κ3) is 3.38. The van der Waals surface area contributed by atoms with Gasteiger partial charge < -0.3 is 9.84 Å². The number of halogens is 3. The Labute approximate surface area is 138 Å². The van der Waals surface area contributed by atoms with Gasteiger partial charge in [0, 0.05) is 24.2 Å². The van der Waals surface area contributed by atoms with E-state index < -0.39 is 41.2 Å². The smallest absolute Gasteiger partial charge is 0.331 e. The molecular formula is C18H19F3O3. The summed E-state index contributed by atoms with van der Waals surface area (Å²) in [6.07, 6.45) is 2.14. The van der Waals surface area contributed by atoms with Crippen LogP contribution >= 0.6 is 0 Å². The van der Waals surface area contributed by atoms with Crippen LogP contribution < -0.4 is 0 Å². The van der Waals surface area contributed by atoms with Gasteiger partial charge in [0.05, 0.1) is 6.61 Å². The second-order valence-electron chi connectivity index (χ2n) is 6.01. The van der Waals surface area contributed by atoms with Crippen molar-refractivity contribution in [1.82, 2.24) is 0 Å². The van der Waals surface area contributed by atoms with Crippen molar-refractivity contribution in [2.24, 2.45) is 11.8 Å². The van der Waals surface area contributed by atoms with Crippen molar-refractivity contribution in [3.05, 3.63) is 58.4 Å². The molecule has 1 aliphatic rings. The lowest BCUT2D eigenvalue weighted by Crippen LogP contribution is -2.23. The van der Waals surface area contributed by atoms with E-state index in [2.05, 4.69) is 0 Å². The number of carbonyl (C=O) groups is 1. The zero-order valence-electron chi connectivity index (χ0n) is 13.6. The number of aliphatic carboxylic acids is 1. The van der Waals surface area contributed by atoms with Crippen molar-refractivity contribution < 1.29 is 27.8 Å². The lowest BCUT2D eigenvalue weighted by atomic mass is 9.77. The molecule has 0 heterocycles. The molecule has 1 aromatic carbocycles. The second kappa shape index (κ2) is 7.21. The van der Waals surface area contributed by atoms with Crippen molar-refractivity contribution in [1.29, 1.82) is 0 Å². The summed E-state index contributed by atoms with van der Waals surface area (Å²) in [5.41, 5.74) is -0.0701. The topological polar surface area (TPSA) is 46.5 Å². The van der Waals surface area contributed by atoms with Gasteiger partial charge in [0.25, 0.3) is 0 Å². The molecule has 0 radical (unpaired) electrons. The number of hydrogen-bond donors (Lipinski definition) is 1. The van der Waals surface area contributed by atoms with Crippen LogP contribution in [-0.4, -0.2) is 18.2 Å². The minimum absolute atomic E-state index is 0.0111. The van der Waals surface area contributed by atoms with Crippen molar-refractivity contribution in [2.75, 3.05) is 7.11 Å². The van der Waals surface area contributed by atoms with Crippen LogP contribution in [0.15, 0.2) is 35.7 Å². The molecule has 0 saturated carbocycles. The fourth-order valence-corrected chi connectivity index (χ4v) is 3.10. The molecule has 0 spiro atoms. The van der Waals surface area contributed by atoms with Crippen LogP contribution in [0.2, 0.25) is 0 Å². The maximum absolute atomic E-state index is 14.5. The maximum atomic E-state index is 14.5. The van der Waals surface area contributed by atoms with E-state index in [0.717, 1.165) is 24.3 Å². The van der Waals surface area contributed by atoms with Crippen molar-refractivity contribution in [3.63, 3.8) is 0 Å². The van der Waals surface area contributed by atoms with Crippen molar-refractivity contribution in [3.8, 4) is 0 Å². The van der Waals surface area contributed by atoms with Gasteiger partial charge in [-0.2, -0.15) is 0 Å². The predicted molar refractivity (Wildman–Crippen MR) is 83.0 cm³/mol. The van der Waals surface area contributed by atoms with Crippen LogP contribution in [0, 0.1) is 23.5 Å². The van der Waals surface area contributed by atoms with Gasteiger partial charge in [-0.15, -0.1) is 0 Å². The van der Waals surface area contributed by atoms with Gasteiger partial charge in [-0.3, -0.25) is 0 Å². The van der Waals surface area contributed by atoms with Crippen LogP contribution in [0.3, 0.4) is 0 Å². The molecule has 1 aliphatic carbocycles. The van der Waals surface area contributed by atoms with Crippen LogP contribution in [0.25, 0.3) is 0 Å². The van der Waals surface area contributed by atoms with Gasteiger partial charge >= 0.3 is 5.97 Å². The van der Waals surface area contributed by atoms with E-state index in [0.29, 0.717) is 5.56 Å². The van der Waals surface area contributed by atoms with Gasteiger partial charge in [-0.1, -0.05) is 13.8 Å². The lowest BCUT2D eigenvalue weighted by Gasteiger charge is -2.28. The third-order valence-electron chi connectivity index (χ3n) is 4.53. The standard InChI is InChI=1S/C18H19F3O3/c1-9-10(2)16(13(19)5-4-12(9)18(22)23)17-14(20)6-11(8-24-3)7-15(17)21/h4-7,9-10,16H,8H2,1-3H3,(H,22,23). The summed E-state index contributed by atoms with van der Waals surface area (Å²) in [7, 11) is 1.40. The lowest BCUT2D eigenvalue weighted by molar-refractivity contribution is -0.133. The van der Waals surface area contributed by atoms with Crippen molar-refractivity contribution in [2.45, 2.75) is 26.4 Å². The molecule has 3 unspecified atom stereocenters. The summed E-state index contributed by atoms with van der Waals surface area (Å²) < 4.78 is 48.3. The number of methoxy groups -OCH3 is 1. The molecule has 24 heavy (non-hydrogen) atoms. The summed E-state index contributed by atoms with van der Waals surface area (Å²) in [6.45, 7) is 3.24. The molecule has 1 N–H and O–H groups in total. The maximum Gasteiger partial charge on any atom is 0.331 e. The average Bonchev–Trinajstić information content (AvgIpc) is 2.59. The minimum atomic E-state index is -1.19. The predicted octanol–water partition coefficient (Wildman–Crippen LogP) is 4.35. The molecule has 0 amide bonds. The summed E-state index contributed by atoms with van der Waals surface area (Å²) >= 11 is 0. The molecule has 0 aromatic heterocycles. The highest BCUT2D eigenvalue weighted by Crippen LogP contribution is 2.43. The van der Waals surface area contributed by atoms with E-state index in [1.807, 2.05) is 0 Å². The first kappa shape index (κ1) is 18.3. The Bertz CT molecular complexity index is 686. The Morgan fingerprint density at radius 2 is 1.75 bits per heavy atom. The quantitative estimate of drug-likeness (QED) is 0.887. The largest absolute Gasteiger partial charge is 0.478 e. The van der Waals surface area contributed by atoms with Crippen LogP contribution in [-0.2, 0) is 16.1 Å². The third-order valence-corrected chi connectivity index (χ3v) is 4.53. The Hall–Kier alpha value is -2.08. The van der Waals surface area contributed by atoms with E-state index in [-0.39, 0.29) is 17.7 Å². The zero-order chi connectivity index (χ0) is 18.0. The summed E-state index contributed by atoms with van der Waals surface area (Å²) in [6, 6.07) is 2.23. The number of carboxylic acids is 1. The first-order chi connectivity index (χ1) is 11.3. The number of hydrogen-bond acceptors (Lipinski definition) is 2. The number of carboxylic acid groups (broad SMARTS) is 1. The summed E-state index contributed by atoms with van der Waals surface area (Å²) in [4.78, 5) is 11.3. The normalized spacial score (nSPS) is 24.2. The van der Waals surface area contributed by atoms with Gasteiger partial charge in [0.1, 0.15) is 17.5 Å². The molecule has 130 valence electrons. The van der Waals surface area contributed by atoms with Crippen molar-refractivity contribution >= 4 is 5.97 Å². The molecule has 2 rings (SSSR count).